The SMILES string of the molecule is Cc1cc(NC(=O)c2sc(-c3ccc(F)cc3)nc2C)n(C)n1. The second kappa shape index (κ2) is 5.92. The van der Waals surface area contributed by atoms with Gasteiger partial charge in [0.25, 0.3) is 5.91 Å². The monoisotopic (exact) mass is 330 g/mol. The normalized spacial score (nSPS) is 10.8. The number of rotatable bonds is 3. The number of benzene rings is 1. The van der Waals surface area contributed by atoms with E-state index in [0.717, 1.165) is 11.3 Å². The first kappa shape index (κ1) is 15.4. The molecule has 0 saturated carbocycles. The predicted octanol–water partition coefficient (Wildman–Crippen LogP) is 3.55. The maximum Gasteiger partial charge on any atom is 0.268 e. The summed E-state index contributed by atoms with van der Waals surface area (Å²) in [6, 6.07) is 7.86. The number of aromatic nitrogens is 3. The molecule has 0 radical (unpaired) electrons. The lowest BCUT2D eigenvalue weighted by Crippen LogP contribution is -2.14. The Balaban J connectivity index is 1.87. The molecule has 1 aromatic carbocycles. The van der Waals surface area contributed by atoms with Crippen LogP contribution < -0.4 is 5.32 Å². The lowest BCUT2D eigenvalue weighted by molar-refractivity contribution is 0.102. The van der Waals surface area contributed by atoms with Gasteiger partial charge in [-0.3, -0.25) is 9.48 Å². The minimum atomic E-state index is -0.299. The van der Waals surface area contributed by atoms with E-state index in [4.69, 9.17) is 0 Å². The van der Waals surface area contributed by atoms with E-state index < -0.39 is 0 Å². The van der Waals surface area contributed by atoms with Gasteiger partial charge in [-0.25, -0.2) is 9.37 Å². The summed E-state index contributed by atoms with van der Waals surface area (Å²) < 4.78 is 14.6. The van der Waals surface area contributed by atoms with Crippen LogP contribution in [0.5, 0.6) is 0 Å². The summed E-state index contributed by atoms with van der Waals surface area (Å²) in [6.07, 6.45) is 0. The number of nitrogens with zero attached hydrogens (tertiary/aromatic N) is 3. The highest BCUT2D eigenvalue weighted by Crippen LogP contribution is 2.28. The van der Waals surface area contributed by atoms with E-state index in [1.54, 1.807) is 36.9 Å². The van der Waals surface area contributed by atoms with Crippen molar-refractivity contribution >= 4 is 23.1 Å². The third kappa shape index (κ3) is 3.14. The molecule has 0 fully saturated rings. The first-order valence-corrected chi connectivity index (χ1v) is 7.81. The van der Waals surface area contributed by atoms with Crippen molar-refractivity contribution in [2.75, 3.05) is 5.32 Å². The molecule has 0 bridgehead atoms. The van der Waals surface area contributed by atoms with E-state index in [0.29, 0.717) is 21.4 Å². The van der Waals surface area contributed by atoms with Gasteiger partial charge in [-0.1, -0.05) is 0 Å². The smallest absolute Gasteiger partial charge is 0.268 e. The minimum absolute atomic E-state index is 0.226. The molecule has 23 heavy (non-hydrogen) atoms. The first-order valence-electron chi connectivity index (χ1n) is 6.99. The lowest BCUT2D eigenvalue weighted by Gasteiger charge is -2.03. The van der Waals surface area contributed by atoms with Gasteiger partial charge in [-0.2, -0.15) is 5.10 Å². The molecule has 0 aliphatic rings. The van der Waals surface area contributed by atoms with Crippen LogP contribution in [0.4, 0.5) is 10.2 Å². The molecule has 1 N–H and O–H groups in total. The van der Waals surface area contributed by atoms with Crippen molar-refractivity contribution in [1.82, 2.24) is 14.8 Å². The number of nitrogens with one attached hydrogen (secondary N) is 1. The van der Waals surface area contributed by atoms with Gasteiger partial charge in [0.1, 0.15) is 21.5 Å². The topological polar surface area (TPSA) is 59.8 Å². The molecule has 0 atom stereocenters. The van der Waals surface area contributed by atoms with Crippen LogP contribution in [-0.4, -0.2) is 20.7 Å². The zero-order valence-electron chi connectivity index (χ0n) is 12.9. The summed E-state index contributed by atoms with van der Waals surface area (Å²) in [5, 5.41) is 7.72. The molecule has 5 nitrogen and oxygen atoms in total. The average molecular weight is 330 g/mol. The van der Waals surface area contributed by atoms with Gasteiger partial charge in [-0.05, 0) is 38.1 Å². The highest BCUT2D eigenvalue weighted by Gasteiger charge is 2.17. The Hall–Kier alpha value is -2.54. The van der Waals surface area contributed by atoms with Gasteiger partial charge in [0.2, 0.25) is 0 Å². The number of thiazole rings is 1. The zero-order valence-corrected chi connectivity index (χ0v) is 13.7. The van der Waals surface area contributed by atoms with Crippen LogP contribution in [0.2, 0.25) is 0 Å². The number of carbonyl (C=O) groups is 1. The Morgan fingerprint density at radius 3 is 2.57 bits per heavy atom. The summed E-state index contributed by atoms with van der Waals surface area (Å²) in [5.74, 6) is 0.103. The molecule has 0 aliphatic heterocycles. The molecule has 2 heterocycles. The average Bonchev–Trinajstić information content (AvgIpc) is 3.02. The maximum absolute atomic E-state index is 13.0. The highest BCUT2D eigenvalue weighted by molar-refractivity contribution is 7.17. The number of hydrogen-bond acceptors (Lipinski definition) is 4. The molecule has 118 valence electrons. The van der Waals surface area contributed by atoms with Crippen LogP contribution in [0.15, 0.2) is 30.3 Å². The van der Waals surface area contributed by atoms with Crippen LogP contribution in [0.25, 0.3) is 10.6 Å². The number of aryl methyl sites for hydroxylation is 3. The number of anilines is 1. The Morgan fingerprint density at radius 2 is 1.96 bits per heavy atom. The van der Waals surface area contributed by atoms with Crippen LogP contribution >= 0.6 is 11.3 Å². The summed E-state index contributed by atoms with van der Waals surface area (Å²) in [7, 11) is 1.77. The molecule has 3 rings (SSSR count). The molecule has 0 unspecified atom stereocenters. The van der Waals surface area contributed by atoms with Crippen molar-refractivity contribution in [3.8, 4) is 10.6 Å². The first-order chi connectivity index (χ1) is 10.9. The second-order valence-corrected chi connectivity index (χ2v) is 6.19. The summed E-state index contributed by atoms with van der Waals surface area (Å²) in [6.45, 7) is 3.65. The number of amides is 1. The van der Waals surface area contributed by atoms with E-state index in [1.165, 1.54) is 23.5 Å². The zero-order chi connectivity index (χ0) is 16.6. The van der Waals surface area contributed by atoms with E-state index in [1.807, 2.05) is 6.92 Å². The molecule has 7 heteroatoms. The largest absolute Gasteiger partial charge is 0.306 e. The van der Waals surface area contributed by atoms with Crippen molar-refractivity contribution in [2.24, 2.45) is 7.05 Å². The summed E-state index contributed by atoms with van der Waals surface area (Å²) in [5.41, 5.74) is 2.26. The fraction of sp³-hybridized carbons (Fsp3) is 0.188. The van der Waals surface area contributed by atoms with Gasteiger partial charge < -0.3 is 5.32 Å². The van der Waals surface area contributed by atoms with Gasteiger partial charge in [0.15, 0.2) is 0 Å². The molecule has 0 aliphatic carbocycles. The third-order valence-electron chi connectivity index (χ3n) is 3.34. The Kier molecular flexibility index (Phi) is 3.96. The van der Waals surface area contributed by atoms with E-state index >= 15 is 0 Å². The highest BCUT2D eigenvalue weighted by atomic mass is 32.1. The molecule has 0 saturated heterocycles. The molecule has 2 aromatic heterocycles. The van der Waals surface area contributed by atoms with Gasteiger partial charge in [-0.15, -0.1) is 11.3 Å². The van der Waals surface area contributed by atoms with Crippen LogP contribution in [0.3, 0.4) is 0 Å². The second-order valence-electron chi connectivity index (χ2n) is 5.19. The molecule has 3 aromatic rings. The molecule has 0 spiro atoms. The predicted molar refractivity (Wildman–Crippen MR) is 88.1 cm³/mol. The number of carbonyl (C=O) groups excluding carboxylic acids is 1. The van der Waals surface area contributed by atoms with E-state index in [2.05, 4.69) is 15.4 Å². The number of halogens is 1. The van der Waals surface area contributed by atoms with Crippen molar-refractivity contribution in [2.45, 2.75) is 13.8 Å². The van der Waals surface area contributed by atoms with Crippen LogP contribution in [-0.2, 0) is 7.05 Å². The summed E-state index contributed by atoms with van der Waals surface area (Å²) >= 11 is 1.28. The Labute approximate surface area is 136 Å². The minimum Gasteiger partial charge on any atom is -0.306 e. The van der Waals surface area contributed by atoms with Gasteiger partial charge in [0.05, 0.1) is 11.4 Å². The Morgan fingerprint density at radius 1 is 1.26 bits per heavy atom. The fourth-order valence-corrected chi connectivity index (χ4v) is 3.19. The lowest BCUT2D eigenvalue weighted by atomic mass is 10.2. The van der Waals surface area contributed by atoms with Gasteiger partial charge >= 0.3 is 0 Å². The fourth-order valence-electron chi connectivity index (χ4n) is 2.22. The standard InChI is InChI=1S/C16H15FN4OS/c1-9-8-13(21(3)20-9)19-15(22)14-10(2)18-16(23-14)11-4-6-12(17)7-5-11/h4-8H,1-3H3,(H,19,22). The third-order valence-corrected chi connectivity index (χ3v) is 4.54. The molecular weight excluding hydrogens is 315 g/mol. The summed E-state index contributed by atoms with van der Waals surface area (Å²) in [4.78, 5) is 17.4. The quantitative estimate of drug-likeness (QED) is 0.799. The van der Waals surface area contributed by atoms with Crippen molar-refractivity contribution in [3.63, 3.8) is 0 Å². The maximum atomic E-state index is 13.0. The van der Waals surface area contributed by atoms with Crippen molar-refractivity contribution in [1.29, 1.82) is 0 Å². The van der Waals surface area contributed by atoms with Gasteiger partial charge in [0, 0.05) is 18.7 Å². The van der Waals surface area contributed by atoms with Crippen LogP contribution in [0.1, 0.15) is 21.1 Å². The molecule has 1 amide bonds. The van der Waals surface area contributed by atoms with Crippen LogP contribution in [0, 0.1) is 19.7 Å². The van der Waals surface area contributed by atoms with E-state index in [9.17, 15) is 9.18 Å². The van der Waals surface area contributed by atoms with Crippen molar-refractivity contribution in [3.05, 3.63) is 52.4 Å². The number of hydrogen-bond donors (Lipinski definition) is 1. The molecular formula is C16H15FN4OS. The van der Waals surface area contributed by atoms with Crippen molar-refractivity contribution < 1.29 is 9.18 Å². The van der Waals surface area contributed by atoms with E-state index in [-0.39, 0.29) is 11.7 Å². The Bertz CT molecular complexity index is 867.